The molecule has 0 fully saturated rings. The van der Waals surface area contributed by atoms with Gasteiger partial charge in [-0.05, 0) is 103 Å². The number of rotatable bonds is 9. The zero-order chi connectivity index (χ0) is 35.1. The molecule has 0 aromatic heterocycles. The Hall–Kier alpha value is -7.01. The molecule has 0 radical (unpaired) electrons. The lowest BCUT2D eigenvalue weighted by Gasteiger charge is -2.14. The first-order valence-corrected chi connectivity index (χ1v) is 13.8. The van der Waals surface area contributed by atoms with Crippen molar-refractivity contribution < 1.29 is 54.6 Å². The van der Waals surface area contributed by atoms with Crippen molar-refractivity contribution in [2.45, 2.75) is 0 Å². The Labute approximate surface area is 272 Å². The molecule has 5 aromatic rings. The first kappa shape index (κ1) is 33.9. The van der Waals surface area contributed by atoms with E-state index in [1.807, 2.05) is 30.3 Å². The molecule has 5 aromatic carbocycles. The lowest BCUT2D eigenvalue weighted by molar-refractivity contribution is -0.257. The van der Waals surface area contributed by atoms with Gasteiger partial charge in [0.1, 0.15) is 0 Å². The minimum absolute atomic E-state index is 0.0847. The maximum absolute atomic E-state index is 11.5. The second-order valence-electron chi connectivity index (χ2n) is 10.2. The molecule has 11 nitrogen and oxygen atoms in total. The van der Waals surface area contributed by atoms with Crippen LogP contribution < -0.4 is 30.6 Å². The molecule has 0 unspecified atom stereocenters. The van der Waals surface area contributed by atoms with E-state index in [1.54, 1.807) is 36.4 Å². The summed E-state index contributed by atoms with van der Waals surface area (Å²) < 4.78 is 0. The van der Waals surface area contributed by atoms with Gasteiger partial charge in [0.15, 0.2) is 0 Å². The second-order valence-corrected chi connectivity index (χ2v) is 10.2. The van der Waals surface area contributed by atoms with Crippen molar-refractivity contribution >= 4 is 35.6 Å². The van der Waals surface area contributed by atoms with Gasteiger partial charge < -0.3 is 54.6 Å². The van der Waals surface area contributed by atoms with Crippen molar-refractivity contribution in [2.75, 3.05) is 0 Å². The quantitative estimate of drug-likeness (QED) is 0.187. The highest BCUT2D eigenvalue weighted by molar-refractivity contribution is 5.97. The molecular formula is C37H20O11-6. The molecule has 0 spiro atoms. The van der Waals surface area contributed by atoms with Crippen molar-refractivity contribution in [3.8, 4) is 33.4 Å². The van der Waals surface area contributed by atoms with E-state index in [1.165, 1.54) is 24.3 Å². The Bertz CT molecular complexity index is 1800. The molecule has 0 saturated heterocycles. The van der Waals surface area contributed by atoms with Crippen LogP contribution in [0.4, 0.5) is 0 Å². The highest BCUT2D eigenvalue weighted by Gasteiger charge is 2.09. The van der Waals surface area contributed by atoms with Gasteiger partial charge in [0.2, 0.25) is 0 Å². The monoisotopic (exact) mass is 640 g/mol. The lowest BCUT2D eigenvalue weighted by atomic mass is 9.92. The normalized spacial score (nSPS) is 10.2. The van der Waals surface area contributed by atoms with Crippen molar-refractivity contribution in [3.63, 3.8) is 0 Å². The highest BCUT2D eigenvalue weighted by atomic mass is 16.4. The molecule has 48 heavy (non-hydrogen) atoms. The van der Waals surface area contributed by atoms with Gasteiger partial charge in [0.05, 0.1) is 29.8 Å². The maximum Gasteiger partial charge on any atom is 0.0715 e. The smallest absolute Gasteiger partial charge is 0.0715 e. The first-order valence-electron chi connectivity index (χ1n) is 13.8. The van der Waals surface area contributed by atoms with Crippen LogP contribution in [-0.4, -0.2) is 29.8 Å². The third-order valence-electron chi connectivity index (χ3n) is 7.02. The van der Waals surface area contributed by atoms with Crippen LogP contribution in [0.5, 0.6) is 0 Å². The topological polar surface area (TPSA) is 224 Å². The Balaban J connectivity index is 0.000000291. The number of hydrogen-bond donors (Lipinski definition) is 0. The third kappa shape index (κ3) is 8.17. The van der Waals surface area contributed by atoms with Gasteiger partial charge in [-0.25, -0.2) is 0 Å². The van der Waals surface area contributed by atoms with Gasteiger partial charge in [-0.3, -0.25) is 0 Å². The van der Waals surface area contributed by atoms with E-state index in [0.29, 0.717) is 5.56 Å². The Kier molecular flexibility index (Phi) is 10.2. The number of carboxylic acid groups (broad SMARTS) is 5. The summed E-state index contributed by atoms with van der Waals surface area (Å²) in [5.74, 6) is -7.80. The summed E-state index contributed by atoms with van der Waals surface area (Å²) in [6.45, 7) is 3.43. The van der Waals surface area contributed by atoms with Gasteiger partial charge in [0, 0.05) is 0 Å². The van der Waals surface area contributed by atoms with E-state index in [9.17, 15) is 54.6 Å². The summed E-state index contributed by atoms with van der Waals surface area (Å²) in [4.78, 5) is 53.4. The molecule has 0 heterocycles. The molecule has 0 bridgehead atoms. The summed E-state index contributed by atoms with van der Waals surface area (Å²) >= 11 is 0. The number of hydrogen-bond acceptors (Lipinski definition) is 11. The van der Waals surface area contributed by atoms with Crippen molar-refractivity contribution in [3.05, 3.63) is 149 Å². The van der Waals surface area contributed by atoms with Crippen LogP contribution in [0, 0.1) is 0 Å². The Morgan fingerprint density at radius 2 is 0.542 bits per heavy atom. The molecule has 0 aliphatic rings. The zero-order valence-corrected chi connectivity index (χ0v) is 24.6. The summed E-state index contributed by atoms with van der Waals surface area (Å²) in [5.41, 5.74) is 4.04. The second kappa shape index (κ2) is 14.4. The van der Waals surface area contributed by atoms with Crippen LogP contribution in [0.3, 0.4) is 0 Å². The van der Waals surface area contributed by atoms with Crippen LogP contribution in [0.2, 0.25) is 0 Å². The summed E-state index contributed by atoms with van der Waals surface area (Å²) in [6.07, 6.45) is 0. The van der Waals surface area contributed by atoms with Crippen LogP contribution >= 0.6 is 0 Å². The average molecular weight is 641 g/mol. The molecule has 0 aliphatic heterocycles. The van der Waals surface area contributed by atoms with Crippen LogP contribution in [0.1, 0.15) is 57.4 Å². The van der Waals surface area contributed by atoms with E-state index in [2.05, 4.69) is 6.58 Å². The maximum atomic E-state index is 11.5. The molecule has 0 N–H and O–H groups in total. The van der Waals surface area contributed by atoms with E-state index in [4.69, 9.17) is 0 Å². The van der Waals surface area contributed by atoms with Crippen LogP contribution in [0.25, 0.3) is 39.1 Å². The van der Waals surface area contributed by atoms with Crippen LogP contribution in [-0.2, 0) is 0 Å². The number of carbonyl (C=O) groups excluding carboxylic acids is 5. The van der Waals surface area contributed by atoms with E-state index < -0.39 is 46.5 Å². The van der Waals surface area contributed by atoms with Crippen molar-refractivity contribution in [1.29, 1.82) is 0 Å². The fourth-order valence-corrected chi connectivity index (χ4v) is 4.55. The number of carboxylic acids is 5. The van der Waals surface area contributed by atoms with Gasteiger partial charge >= 0.3 is 0 Å². The Morgan fingerprint density at radius 3 is 0.750 bits per heavy atom. The largest absolute Gasteiger partial charge is 0.872 e. The predicted octanol–water partition coefficient (Wildman–Crippen LogP) is -0.477. The molecule has 5 rings (SSSR count). The summed E-state index contributed by atoms with van der Waals surface area (Å²) in [6, 6.07) is 28.0. The molecule has 0 aliphatic carbocycles. The standard InChI is InChI=1S/C28H20O5.C9H6O6/c1-17(29)18-2-4-19(5-3-18)24-14-25(20-6-10-22(11-7-20)27(30)31)16-26(15-24)21-8-12-23(13-9-21)28(32)33;10-7(11)4-1-5(8(12)13)3-6(2-4)9(14)15/h2-16,29H,1H2,(H,30,31)(H,32,33);1-3H,(H,10,11)(H,12,13)(H,14,15)/p-6. The van der Waals surface area contributed by atoms with Crippen molar-refractivity contribution in [1.82, 2.24) is 0 Å². The molecule has 0 amide bonds. The van der Waals surface area contributed by atoms with Gasteiger partial charge in [-0.1, -0.05) is 72.8 Å². The first-order chi connectivity index (χ1) is 22.7. The van der Waals surface area contributed by atoms with E-state index >= 15 is 0 Å². The Morgan fingerprint density at radius 1 is 0.312 bits per heavy atom. The lowest BCUT2D eigenvalue weighted by Crippen LogP contribution is -2.28. The fraction of sp³-hybridized carbons (Fsp3) is 0. The number of benzene rings is 5. The van der Waals surface area contributed by atoms with Crippen molar-refractivity contribution in [2.24, 2.45) is 0 Å². The zero-order valence-electron chi connectivity index (χ0n) is 24.6. The van der Waals surface area contributed by atoms with Gasteiger partial charge in [0.25, 0.3) is 0 Å². The minimum atomic E-state index is -1.68. The average Bonchev–Trinajstić information content (AvgIpc) is 3.08. The van der Waals surface area contributed by atoms with Crippen LogP contribution in [0.15, 0.2) is 116 Å². The summed E-state index contributed by atoms with van der Waals surface area (Å²) in [7, 11) is 0. The minimum Gasteiger partial charge on any atom is -0.872 e. The molecule has 0 atom stereocenters. The SMILES string of the molecule is C=C([O-])c1ccc(-c2cc(-c3ccc(C(=O)[O-])cc3)cc(-c3ccc(C(=O)[O-])cc3)c2)cc1.O=C([O-])c1cc(C(=O)[O-])cc(C(=O)[O-])c1. The molecule has 240 valence electrons. The van der Waals surface area contributed by atoms with Gasteiger partial charge in [-0.2, -0.15) is 0 Å². The summed E-state index contributed by atoms with van der Waals surface area (Å²) in [5, 5.41) is 64.9. The third-order valence-corrected chi connectivity index (χ3v) is 7.02. The highest BCUT2D eigenvalue weighted by Crippen LogP contribution is 2.33. The van der Waals surface area contributed by atoms with Gasteiger partial charge in [-0.15, -0.1) is 12.3 Å². The number of carbonyl (C=O) groups is 5. The molecule has 11 heteroatoms. The fourth-order valence-electron chi connectivity index (χ4n) is 4.55. The molecule has 0 saturated carbocycles. The van der Waals surface area contributed by atoms with E-state index in [0.717, 1.165) is 51.6 Å². The number of aromatic carboxylic acids is 5. The van der Waals surface area contributed by atoms with E-state index in [-0.39, 0.29) is 16.9 Å². The predicted molar refractivity (Wildman–Crippen MR) is 160 cm³/mol. The molecular weight excluding hydrogens is 620 g/mol.